The average Bonchev–Trinajstić information content (AvgIpc) is 2.89. The van der Waals surface area contributed by atoms with Crippen LogP contribution in [0.25, 0.3) is 0 Å². The van der Waals surface area contributed by atoms with Crippen molar-refractivity contribution in [2.24, 2.45) is 5.92 Å². The van der Waals surface area contributed by atoms with E-state index in [4.69, 9.17) is 4.74 Å². The maximum Gasteiger partial charge on any atom is 0.309 e. The number of esters is 1. The molecule has 3 nitrogen and oxygen atoms in total. The first-order chi connectivity index (χ1) is 8.70. The van der Waals surface area contributed by atoms with Crippen LogP contribution in [0.1, 0.15) is 35.6 Å². The smallest absolute Gasteiger partial charge is 0.309 e. The molecule has 0 saturated carbocycles. The lowest BCUT2D eigenvalue weighted by Crippen LogP contribution is -2.27. The summed E-state index contributed by atoms with van der Waals surface area (Å²) in [7, 11) is 0. The minimum Gasteiger partial charge on any atom is -0.466 e. The summed E-state index contributed by atoms with van der Waals surface area (Å²) in [6.45, 7) is 5.74. The van der Waals surface area contributed by atoms with E-state index in [2.05, 4.69) is 11.4 Å². The molecular formula is C14H21NO2S. The third-order valence-corrected chi connectivity index (χ3v) is 4.47. The van der Waals surface area contributed by atoms with Crippen molar-refractivity contribution in [1.29, 1.82) is 0 Å². The first-order valence-corrected chi connectivity index (χ1v) is 7.50. The van der Waals surface area contributed by atoms with Gasteiger partial charge in [-0.15, -0.1) is 11.3 Å². The van der Waals surface area contributed by atoms with Crippen LogP contribution < -0.4 is 5.32 Å². The summed E-state index contributed by atoms with van der Waals surface area (Å²) in [6, 6.07) is 2.31. The van der Waals surface area contributed by atoms with Gasteiger partial charge < -0.3 is 10.1 Å². The summed E-state index contributed by atoms with van der Waals surface area (Å²) >= 11 is 1.91. The number of thiophene rings is 1. The van der Waals surface area contributed by atoms with Gasteiger partial charge in [-0.1, -0.05) is 6.92 Å². The lowest BCUT2D eigenvalue weighted by Gasteiger charge is -2.10. The fourth-order valence-electron chi connectivity index (χ4n) is 2.26. The molecule has 0 aromatic carbocycles. The van der Waals surface area contributed by atoms with Crippen molar-refractivity contribution >= 4 is 17.3 Å². The second-order valence-corrected chi connectivity index (χ2v) is 6.02. The van der Waals surface area contributed by atoms with Crippen LogP contribution in [-0.4, -0.2) is 19.1 Å². The van der Waals surface area contributed by atoms with Crippen LogP contribution in [0.3, 0.4) is 0 Å². The normalized spacial score (nSPS) is 15.4. The zero-order chi connectivity index (χ0) is 13.0. The molecule has 1 aliphatic rings. The molecule has 1 atom stereocenters. The summed E-state index contributed by atoms with van der Waals surface area (Å²) in [6.07, 6.45) is 3.80. The molecule has 1 aliphatic carbocycles. The Morgan fingerprint density at radius 3 is 3.11 bits per heavy atom. The quantitative estimate of drug-likeness (QED) is 0.805. The Balaban J connectivity index is 1.73. The van der Waals surface area contributed by atoms with E-state index in [1.165, 1.54) is 29.7 Å². The molecule has 1 aromatic heterocycles. The predicted molar refractivity (Wildman–Crippen MR) is 73.8 cm³/mol. The monoisotopic (exact) mass is 267 g/mol. The van der Waals surface area contributed by atoms with Crippen molar-refractivity contribution in [2.45, 2.75) is 39.7 Å². The summed E-state index contributed by atoms with van der Waals surface area (Å²) in [4.78, 5) is 14.4. The highest BCUT2D eigenvalue weighted by Crippen LogP contribution is 2.30. The van der Waals surface area contributed by atoms with E-state index in [1.54, 1.807) is 4.88 Å². The maximum absolute atomic E-state index is 11.4. The lowest BCUT2D eigenvalue weighted by atomic mass is 10.2. The van der Waals surface area contributed by atoms with Gasteiger partial charge in [-0.25, -0.2) is 0 Å². The highest BCUT2D eigenvalue weighted by atomic mass is 32.1. The Hall–Kier alpha value is -0.870. The van der Waals surface area contributed by atoms with Crippen LogP contribution in [0, 0.1) is 5.92 Å². The van der Waals surface area contributed by atoms with Crippen molar-refractivity contribution in [3.05, 3.63) is 21.4 Å². The SMILES string of the molecule is CCOC(=O)C(C)CNCc1cc2c(s1)CCC2. The third kappa shape index (κ3) is 3.33. The topological polar surface area (TPSA) is 38.3 Å². The second kappa shape index (κ2) is 6.34. The molecule has 1 N–H and O–H groups in total. The Labute approximate surface area is 113 Å². The Morgan fingerprint density at radius 2 is 2.39 bits per heavy atom. The molecule has 0 aliphatic heterocycles. The van der Waals surface area contributed by atoms with E-state index < -0.39 is 0 Å². The number of nitrogens with one attached hydrogen (secondary N) is 1. The molecule has 0 bridgehead atoms. The second-order valence-electron chi connectivity index (χ2n) is 4.80. The Morgan fingerprint density at radius 1 is 1.56 bits per heavy atom. The van der Waals surface area contributed by atoms with Gasteiger partial charge in [-0.05, 0) is 37.8 Å². The summed E-state index contributed by atoms with van der Waals surface area (Å²) in [5.74, 6) is -0.185. The zero-order valence-electron chi connectivity index (χ0n) is 11.1. The summed E-state index contributed by atoms with van der Waals surface area (Å²) < 4.78 is 4.98. The standard InChI is InChI=1S/C14H21NO2S/c1-3-17-14(16)10(2)8-15-9-12-7-11-5-4-6-13(11)18-12/h7,10,15H,3-6,8-9H2,1-2H3. The lowest BCUT2D eigenvalue weighted by molar-refractivity contribution is -0.147. The number of carbonyl (C=O) groups excluding carboxylic acids is 1. The molecule has 1 aromatic rings. The molecule has 0 amide bonds. The largest absolute Gasteiger partial charge is 0.466 e. The molecule has 18 heavy (non-hydrogen) atoms. The van der Waals surface area contributed by atoms with Crippen molar-refractivity contribution in [3.8, 4) is 0 Å². The van der Waals surface area contributed by atoms with Crippen LogP contribution in [0.15, 0.2) is 6.07 Å². The molecule has 0 radical (unpaired) electrons. The fraction of sp³-hybridized carbons (Fsp3) is 0.643. The number of ether oxygens (including phenoxy) is 1. The van der Waals surface area contributed by atoms with Crippen molar-refractivity contribution in [3.63, 3.8) is 0 Å². The molecule has 100 valence electrons. The van der Waals surface area contributed by atoms with Crippen LogP contribution in [0.4, 0.5) is 0 Å². The maximum atomic E-state index is 11.4. The van der Waals surface area contributed by atoms with Gasteiger partial charge in [0.25, 0.3) is 0 Å². The van der Waals surface area contributed by atoms with Gasteiger partial charge in [-0.3, -0.25) is 4.79 Å². The van der Waals surface area contributed by atoms with Gasteiger partial charge in [0.2, 0.25) is 0 Å². The summed E-state index contributed by atoms with van der Waals surface area (Å²) in [5.41, 5.74) is 1.54. The van der Waals surface area contributed by atoms with Crippen molar-refractivity contribution < 1.29 is 9.53 Å². The summed E-state index contributed by atoms with van der Waals surface area (Å²) in [5, 5.41) is 3.34. The van der Waals surface area contributed by atoms with Gasteiger partial charge in [-0.2, -0.15) is 0 Å². The first kappa shape index (κ1) is 13.6. The van der Waals surface area contributed by atoms with E-state index in [0.29, 0.717) is 13.2 Å². The first-order valence-electron chi connectivity index (χ1n) is 6.68. The van der Waals surface area contributed by atoms with E-state index in [0.717, 1.165) is 6.54 Å². The van der Waals surface area contributed by atoms with E-state index in [9.17, 15) is 4.79 Å². The molecule has 1 unspecified atom stereocenters. The van der Waals surface area contributed by atoms with Gasteiger partial charge in [0.1, 0.15) is 0 Å². The Bertz CT molecular complexity index is 392. The van der Waals surface area contributed by atoms with Crippen LogP contribution in [0.2, 0.25) is 0 Å². The minimum absolute atomic E-state index is 0.0724. The van der Waals surface area contributed by atoms with Crippen molar-refractivity contribution in [2.75, 3.05) is 13.2 Å². The van der Waals surface area contributed by atoms with Gasteiger partial charge in [0.05, 0.1) is 12.5 Å². The van der Waals surface area contributed by atoms with E-state index >= 15 is 0 Å². The fourth-order valence-corrected chi connectivity index (χ4v) is 3.49. The van der Waals surface area contributed by atoms with E-state index in [-0.39, 0.29) is 11.9 Å². The minimum atomic E-state index is -0.112. The number of fused-ring (bicyclic) bond motifs is 1. The highest BCUT2D eigenvalue weighted by Gasteiger charge is 2.16. The molecule has 0 fully saturated rings. The number of hydrogen-bond donors (Lipinski definition) is 1. The Kier molecular flexibility index (Phi) is 4.78. The number of hydrogen-bond acceptors (Lipinski definition) is 4. The highest BCUT2D eigenvalue weighted by molar-refractivity contribution is 7.12. The van der Waals surface area contributed by atoms with E-state index in [1.807, 2.05) is 25.2 Å². The van der Waals surface area contributed by atoms with Crippen molar-refractivity contribution in [1.82, 2.24) is 5.32 Å². The van der Waals surface area contributed by atoms with Gasteiger partial charge in [0.15, 0.2) is 0 Å². The van der Waals surface area contributed by atoms with Crippen LogP contribution in [0.5, 0.6) is 0 Å². The molecule has 4 heteroatoms. The molecule has 1 heterocycles. The number of rotatable bonds is 6. The number of aryl methyl sites for hydroxylation is 2. The predicted octanol–water partition coefficient (Wildman–Crippen LogP) is 2.53. The van der Waals surface area contributed by atoms with Crippen LogP contribution >= 0.6 is 11.3 Å². The third-order valence-electron chi connectivity index (χ3n) is 3.24. The number of carbonyl (C=O) groups is 1. The van der Waals surface area contributed by atoms with Gasteiger partial charge in [0, 0.05) is 22.8 Å². The van der Waals surface area contributed by atoms with Crippen LogP contribution in [-0.2, 0) is 28.9 Å². The zero-order valence-corrected chi connectivity index (χ0v) is 11.9. The average molecular weight is 267 g/mol. The van der Waals surface area contributed by atoms with Gasteiger partial charge >= 0.3 is 5.97 Å². The molecular weight excluding hydrogens is 246 g/mol. The molecule has 2 rings (SSSR count). The molecule has 0 saturated heterocycles. The molecule has 0 spiro atoms.